The van der Waals surface area contributed by atoms with Crippen LogP contribution in [0.25, 0.3) is 0 Å². The highest BCUT2D eigenvalue weighted by Crippen LogP contribution is 2.27. The topological polar surface area (TPSA) is 95.5 Å². The summed E-state index contributed by atoms with van der Waals surface area (Å²) in [6, 6.07) is 8.91. The number of hydrogen-bond acceptors (Lipinski definition) is 5. The van der Waals surface area contributed by atoms with Crippen molar-refractivity contribution < 1.29 is 14.6 Å². The van der Waals surface area contributed by atoms with Crippen LogP contribution in [0.4, 0.5) is 11.4 Å². The van der Waals surface area contributed by atoms with Crippen molar-refractivity contribution in [1.29, 1.82) is 0 Å². The molecule has 0 radical (unpaired) electrons. The van der Waals surface area contributed by atoms with E-state index in [2.05, 4.69) is 23.7 Å². The monoisotopic (exact) mass is 432 g/mol. The van der Waals surface area contributed by atoms with Crippen LogP contribution in [0.1, 0.15) is 11.1 Å². The molecule has 0 N–H and O–H groups in total. The van der Waals surface area contributed by atoms with Crippen molar-refractivity contribution >= 4 is 34.6 Å². The van der Waals surface area contributed by atoms with Crippen LogP contribution in [-0.4, -0.2) is 23.1 Å². The molecule has 0 bridgehead atoms. The van der Waals surface area contributed by atoms with Gasteiger partial charge in [-0.15, -0.1) is 0 Å². The number of nitro benzene ring substituents is 2. The summed E-state index contributed by atoms with van der Waals surface area (Å²) >= 11 is 12.0. The van der Waals surface area contributed by atoms with Crippen molar-refractivity contribution in [2.24, 2.45) is 0 Å². The van der Waals surface area contributed by atoms with Crippen LogP contribution in [0.15, 0.2) is 36.4 Å². The van der Waals surface area contributed by atoms with Gasteiger partial charge in [0.2, 0.25) is 0 Å². The molecule has 2 aromatic rings. The number of hydrogen-bond donors (Lipinski definition) is 0. The molecule has 0 atom stereocenters. The molecule has 0 aliphatic carbocycles. The smallest absolute Gasteiger partial charge is 0.275 e. The van der Waals surface area contributed by atoms with Gasteiger partial charge in [0.25, 0.3) is 11.4 Å². The fourth-order valence-corrected chi connectivity index (χ4v) is 2.82. The molecule has 7 nitrogen and oxygen atoms in total. The average molecular weight is 433 g/mol. The second kappa shape index (κ2) is 11.0. The summed E-state index contributed by atoms with van der Waals surface area (Å²) in [7, 11) is 0. The summed E-state index contributed by atoms with van der Waals surface area (Å²) in [4.78, 5) is 21.0. The average Bonchev–Trinajstić information content (AvgIpc) is 2.68. The number of rotatable bonds is 6. The minimum absolute atomic E-state index is 0.0766. The molecule has 29 heavy (non-hydrogen) atoms. The summed E-state index contributed by atoms with van der Waals surface area (Å²) < 4.78 is 5.24. The van der Waals surface area contributed by atoms with Crippen LogP contribution in [0.5, 0.6) is 0 Å². The molecule has 0 heterocycles. The van der Waals surface area contributed by atoms with Crippen molar-refractivity contribution in [3.8, 4) is 23.7 Å². The van der Waals surface area contributed by atoms with E-state index in [4.69, 9.17) is 27.9 Å². The molecular formula is C20H14Cl2N2O5. The number of nitro groups is 2. The molecule has 0 unspecified atom stereocenters. The lowest BCUT2D eigenvalue weighted by Crippen LogP contribution is -1.97. The third-order valence-corrected chi connectivity index (χ3v) is 4.42. The van der Waals surface area contributed by atoms with Gasteiger partial charge in [0.1, 0.15) is 13.2 Å². The van der Waals surface area contributed by atoms with Gasteiger partial charge in [-0.3, -0.25) is 20.2 Å². The highest BCUT2D eigenvalue weighted by atomic mass is 35.5. The van der Waals surface area contributed by atoms with Crippen molar-refractivity contribution in [1.82, 2.24) is 0 Å². The molecule has 9 heteroatoms. The molecule has 0 amide bonds. The normalized spacial score (nSPS) is 9.72. The van der Waals surface area contributed by atoms with Gasteiger partial charge in [-0.05, 0) is 12.1 Å². The van der Waals surface area contributed by atoms with Gasteiger partial charge in [-0.1, -0.05) is 59.0 Å². The van der Waals surface area contributed by atoms with Gasteiger partial charge in [0, 0.05) is 25.0 Å². The molecule has 2 aromatic carbocycles. The standard InChI is InChI=1S/C20H14Cl2N2O5/c21-17-9-5-11-19(23(25)26)15(17)7-1-3-13-29-14-4-2-8-16-18(22)10-6-12-20(16)24(27)28/h5-6,9-12H,7-8,13-14H2. The zero-order valence-electron chi connectivity index (χ0n) is 15.0. The van der Waals surface area contributed by atoms with E-state index in [0.717, 1.165) is 0 Å². The first-order valence-electron chi connectivity index (χ1n) is 8.24. The highest BCUT2D eigenvalue weighted by molar-refractivity contribution is 6.32. The fourth-order valence-electron chi connectivity index (χ4n) is 2.34. The quantitative estimate of drug-likeness (QED) is 0.287. The molecule has 0 aliphatic heterocycles. The first-order chi connectivity index (χ1) is 13.9. The number of nitrogens with zero attached hydrogens (tertiary/aromatic N) is 2. The van der Waals surface area contributed by atoms with E-state index in [1.54, 1.807) is 12.1 Å². The Bertz CT molecular complexity index is 965. The third-order valence-electron chi connectivity index (χ3n) is 3.71. The van der Waals surface area contributed by atoms with Crippen LogP contribution in [0.2, 0.25) is 10.0 Å². The van der Waals surface area contributed by atoms with Crippen molar-refractivity contribution in [3.05, 3.63) is 77.8 Å². The minimum atomic E-state index is -0.502. The van der Waals surface area contributed by atoms with Gasteiger partial charge < -0.3 is 4.74 Å². The zero-order chi connectivity index (χ0) is 21.2. The Morgan fingerprint density at radius 1 is 0.759 bits per heavy atom. The predicted octanol–water partition coefficient (Wildman–Crippen LogP) is 4.62. The Morgan fingerprint density at radius 3 is 1.55 bits per heavy atom. The molecule has 0 spiro atoms. The molecule has 0 aromatic heterocycles. The number of benzene rings is 2. The van der Waals surface area contributed by atoms with E-state index in [-0.39, 0.29) is 47.5 Å². The van der Waals surface area contributed by atoms with Gasteiger partial charge in [0.05, 0.1) is 31.0 Å². The lowest BCUT2D eigenvalue weighted by atomic mass is 10.1. The van der Waals surface area contributed by atoms with E-state index in [0.29, 0.717) is 11.1 Å². The Morgan fingerprint density at radius 2 is 1.17 bits per heavy atom. The van der Waals surface area contributed by atoms with Crippen molar-refractivity contribution in [2.75, 3.05) is 13.2 Å². The third kappa shape index (κ3) is 6.48. The van der Waals surface area contributed by atoms with E-state index >= 15 is 0 Å². The number of halogens is 2. The van der Waals surface area contributed by atoms with E-state index in [1.807, 2.05) is 0 Å². The van der Waals surface area contributed by atoms with E-state index in [1.165, 1.54) is 24.3 Å². The Balaban J connectivity index is 1.84. The summed E-state index contributed by atoms with van der Waals surface area (Å²) in [6.07, 6.45) is 0.252. The Kier molecular flexibility index (Phi) is 8.45. The van der Waals surface area contributed by atoms with Crippen LogP contribution in [0.3, 0.4) is 0 Å². The van der Waals surface area contributed by atoms with Gasteiger partial charge in [-0.25, -0.2) is 0 Å². The molecule has 0 saturated heterocycles. The molecular weight excluding hydrogens is 419 g/mol. The fraction of sp³-hybridized carbons (Fsp3) is 0.200. The molecule has 148 valence electrons. The molecule has 2 rings (SSSR count). The SMILES string of the molecule is O=[N+]([O-])c1cccc(Cl)c1CC#CCOCC#CCc1c(Cl)cccc1[N+](=O)[O-]. The Hall–Kier alpha value is -3.10. The van der Waals surface area contributed by atoms with Crippen molar-refractivity contribution in [3.63, 3.8) is 0 Å². The second-order valence-electron chi connectivity index (χ2n) is 5.54. The van der Waals surface area contributed by atoms with Gasteiger partial charge in [-0.2, -0.15) is 0 Å². The first-order valence-corrected chi connectivity index (χ1v) is 9.00. The zero-order valence-corrected chi connectivity index (χ0v) is 16.5. The van der Waals surface area contributed by atoms with Crippen LogP contribution >= 0.6 is 23.2 Å². The largest absolute Gasteiger partial charge is 0.356 e. The summed E-state index contributed by atoms with van der Waals surface area (Å²) in [5, 5.41) is 22.6. The summed E-state index contributed by atoms with van der Waals surface area (Å²) in [6.45, 7) is 0.165. The minimum Gasteiger partial charge on any atom is -0.356 e. The van der Waals surface area contributed by atoms with Crippen LogP contribution in [-0.2, 0) is 17.6 Å². The first kappa shape index (κ1) is 22.2. The molecule has 0 aliphatic rings. The van der Waals surface area contributed by atoms with Gasteiger partial charge in [0.15, 0.2) is 0 Å². The van der Waals surface area contributed by atoms with Crippen molar-refractivity contribution in [2.45, 2.75) is 12.8 Å². The lowest BCUT2D eigenvalue weighted by Gasteiger charge is -2.01. The van der Waals surface area contributed by atoms with Crippen LogP contribution < -0.4 is 0 Å². The van der Waals surface area contributed by atoms with Crippen LogP contribution in [0, 0.1) is 43.9 Å². The van der Waals surface area contributed by atoms with Gasteiger partial charge >= 0.3 is 0 Å². The maximum absolute atomic E-state index is 11.0. The molecule has 0 fully saturated rings. The summed E-state index contributed by atoms with van der Waals surface area (Å²) in [5.74, 6) is 11.0. The highest BCUT2D eigenvalue weighted by Gasteiger charge is 2.15. The Labute approximate surface area is 176 Å². The van der Waals surface area contributed by atoms with E-state index < -0.39 is 9.85 Å². The lowest BCUT2D eigenvalue weighted by molar-refractivity contribution is -0.385. The van der Waals surface area contributed by atoms with E-state index in [9.17, 15) is 20.2 Å². The predicted molar refractivity (Wildman–Crippen MR) is 110 cm³/mol. The second-order valence-corrected chi connectivity index (χ2v) is 6.36. The number of ether oxygens (including phenoxy) is 1. The maximum Gasteiger partial charge on any atom is 0.275 e. The summed E-state index contributed by atoms with van der Waals surface area (Å²) in [5.41, 5.74) is 0.556. The maximum atomic E-state index is 11.0. The molecule has 0 saturated carbocycles.